The van der Waals surface area contributed by atoms with Gasteiger partial charge in [-0.3, -0.25) is 0 Å². The van der Waals surface area contributed by atoms with E-state index in [1.807, 2.05) is 67.5 Å². The minimum atomic E-state index is -3.96. The Kier molecular flexibility index (Phi) is 9.17. The van der Waals surface area contributed by atoms with Crippen molar-refractivity contribution < 1.29 is 26.3 Å². The number of ether oxygens (including phenoxy) is 2. The quantitative estimate of drug-likeness (QED) is 0.428. The molecule has 39 heavy (non-hydrogen) atoms. The van der Waals surface area contributed by atoms with E-state index >= 15 is 0 Å². The van der Waals surface area contributed by atoms with Crippen molar-refractivity contribution in [2.24, 2.45) is 0 Å². The molecule has 0 radical (unpaired) electrons. The van der Waals surface area contributed by atoms with Crippen molar-refractivity contribution in [2.45, 2.75) is 89.0 Å². The number of nitrogens with zero attached hydrogens (tertiary/aromatic N) is 2. The molecule has 0 aliphatic carbocycles. The van der Waals surface area contributed by atoms with Gasteiger partial charge >= 0.3 is 0 Å². The van der Waals surface area contributed by atoms with Crippen LogP contribution in [0, 0.1) is 0 Å². The average Bonchev–Trinajstić information content (AvgIpc) is 2.83. The maximum Gasteiger partial charge on any atom is 0.247 e. The molecule has 0 bridgehead atoms. The molecule has 1 aliphatic heterocycles. The van der Waals surface area contributed by atoms with E-state index in [-0.39, 0.29) is 40.3 Å². The van der Waals surface area contributed by atoms with E-state index < -0.39 is 26.1 Å². The van der Waals surface area contributed by atoms with Crippen molar-refractivity contribution in [3.8, 4) is 11.5 Å². The van der Waals surface area contributed by atoms with Crippen molar-refractivity contribution in [3.63, 3.8) is 0 Å². The zero-order valence-corrected chi connectivity index (χ0v) is 26.4. The topological polar surface area (TPSA) is 93.2 Å². The number of hydrogen-bond donors (Lipinski definition) is 0. The van der Waals surface area contributed by atoms with Crippen LogP contribution in [-0.2, 0) is 30.9 Å². The van der Waals surface area contributed by atoms with Crippen LogP contribution in [0.1, 0.15) is 73.4 Å². The van der Waals surface area contributed by atoms with Gasteiger partial charge in [0.2, 0.25) is 20.0 Å². The number of piperazine rings is 1. The van der Waals surface area contributed by atoms with Crippen LogP contribution in [0.3, 0.4) is 0 Å². The Morgan fingerprint density at radius 1 is 0.744 bits per heavy atom. The third kappa shape index (κ3) is 6.61. The zero-order chi connectivity index (χ0) is 29.4. The van der Waals surface area contributed by atoms with Crippen molar-refractivity contribution in [3.05, 3.63) is 47.5 Å². The van der Waals surface area contributed by atoms with Gasteiger partial charge in [-0.15, -0.1) is 0 Å². The van der Waals surface area contributed by atoms with Crippen molar-refractivity contribution >= 4 is 20.0 Å². The molecule has 3 rings (SSSR count). The van der Waals surface area contributed by atoms with E-state index in [1.165, 1.54) is 8.61 Å². The fourth-order valence-electron chi connectivity index (χ4n) is 4.65. The number of sulfonamides is 2. The first-order valence-electron chi connectivity index (χ1n) is 13.5. The van der Waals surface area contributed by atoms with Crippen LogP contribution in [0.4, 0.5) is 0 Å². The maximum absolute atomic E-state index is 14.0. The molecular formula is C29H44N2O6S2. The molecule has 0 N–H and O–H groups in total. The van der Waals surface area contributed by atoms with E-state index in [9.17, 15) is 16.8 Å². The van der Waals surface area contributed by atoms with Gasteiger partial charge in [-0.1, -0.05) is 53.7 Å². The van der Waals surface area contributed by atoms with E-state index in [0.717, 1.165) is 11.1 Å². The van der Waals surface area contributed by atoms with Gasteiger partial charge in [0.05, 0.1) is 13.2 Å². The lowest BCUT2D eigenvalue weighted by atomic mass is 9.87. The first-order chi connectivity index (χ1) is 17.9. The first kappa shape index (κ1) is 31.4. The summed E-state index contributed by atoms with van der Waals surface area (Å²) in [6.07, 6.45) is 0. The standard InChI is InChI=1S/C29H44N2O6S2/c1-10-36-24-14-12-22(28(4,5)6)18-26(24)38(32,33)30-16-17-31(21(3)20-30)39(34,35)27-19-23(29(7,8)9)13-15-25(27)37-11-2/h12-15,18-19,21H,10-11,16-17,20H2,1-9H3. The summed E-state index contributed by atoms with van der Waals surface area (Å²) in [5.74, 6) is 0.599. The Labute approximate surface area is 235 Å². The zero-order valence-electron chi connectivity index (χ0n) is 24.7. The highest BCUT2D eigenvalue weighted by Crippen LogP contribution is 2.36. The molecule has 2 aromatic carbocycles. The van der Waals surface area contributed by atoms with Gasteiger partial charge in [0.25, 0.3) is 0 Å². The number of benzene rings is 2. The highest BCUT2D eigenvalue weighted by Gasteiger charge is 2.40. The molecule has 2 aromatic rings. The summed E-state index contributed by atoms with van der Waals surface area (Å²) in [6.45, 7) is 18.2. The second-order valence-corrected chi connectivity index (χ2v) is 15.8. The molecule has 0 aromatic heterocycles. The van der Waals surface area contributed by atoms with E-state index in [0.29, 0.717) is 24.7 Å². The molecule has 1 fully saturated rings. The first-order valence-corrected chi connectivity index (χ1v) is 16.4. The Balaban J connectivity index is 1.97. The number of rotatable bonds is 8. The molecular weight excluding hydrogens is 536 g/mol. The van der Waals surface area contributed by atoms with Crippen LogP contribution in [0.25, 0.3) is 0 Å². The van der Waals surface area contributed by atoms with Crippen LogP contribution in [0.15, 0.2) is 46.2 Å². The highest BCUT2D eigenvalue weighted by atomic mass is 32.2. The van der Waals surface area contributed by atoms with Crippen molar-refractivity contribution in [2.75, 3.05) is 32.8 Å². The fourth-order valence-corrected chi connectivity index (χ4v) is 8.09. The van der Waals surface area contributed by atoms with Gasteiger partial charge in [-0.05, 0) is 67.0 Å². The van der Waals surface area contributed by atoms with Gasteiger partial charge in [0, 0.05) is 25.7 Å². The van der Waals surface area contributed by atoms with Crippen molar-refractivity contribution in [1.29, 1.82) is 0 Å². The van der Waals surface area contributed by atoms with Crippen LogP contribution >= 0.6 is 0 Å². The second-order valence-electron chi connectivity index (χ2n) is 12.0. The molecule has 8 nitrogen and oxygen atoms in total. The average molecular weight is 581 g/mol. The summed E-state index contributed by atoms with van der Waals surface area (Å²) in [5, 5.41) is 0. The molecule has 0 spiro atoms. The summed E-state index contributed by atoms with van der Waals surface area (Å²) in [4.78, 5) is 0.216. The molecule has 1 heterocycles. The monoisotopic (exact) mass is 580 g/mol. The van der Waals surface area contributed by atoms with E-state index in [1.54, 1.807) is 31.2 Å². The third-order valence-electron chi connectivity index (χ3n) is 6.95. The predicted molar refractivity (Wildman–Crippen MR) is 155 cm³/mol. The maximum atomic E-state index is 14.0. The Hall–Kier alpha value is -2.14. The summed E-state index contributed by atoms with van der Waals surface area (Å²) in [6, 6.07) is 9.97. The summed E-state index contributed by atoms with van der Waals surface area (Å²) >= 11 is 0. The smallest absolute Gasteiger partial charge is 0.247 e. The van der Waals surface area contributed by atoms with Crippen LogP contribution in [-0.4, -0.2) is 64.3 Å². The summed E-state index contributed by atoms with van der Waals surface area (Å²) in [5.41, 5.74) is 1.24. The molecule has 1 atom stereocenters. The molecule has 1 unspecified atom stereocenters. The van der Waals surface area contributed by atoms with Gasteiger partial charge in [0.15, 0.2) is 0 Å². The Morgan fingerprint density at radius 2 is 1.18 bits per heavy atom. The van der Waals surface area contributed by atoms with Gasteiger partial charge in [0.1, 0.15) is 21.3 Å². The Bertz CT molecular complexity index is 1390. The Morgan fingerprint density at radius 3 is 1.56 bits per heavy atom. The van der Waals surface area contributed by atoms with Crippen molar-refractivity contribution in [1.82, 2.24) is 8.61 Å². The SMILES string of the molecule is CCOc1ccc(C(C)(C)C)cc1S(=O)(=O)N1CCN(S(=O)(=O)c2cc(C(C)(C)C)ccc2OCC)C(C)C1. The van der Waals surface area contributed by atoms with Gasteiger partial charge in [-0.25, -0.2) is 16.8 Å². The summed E-state index contributed by atoms with van der Waals surface area (Å²) < 4.78 is 69.8. The third-order valence-corrected chi connectivity index (χ3v) is 10.9. The second kappa shape index (κ2) is 11.4. The molecule has 218 valence electrons. The fraction of sp³-hybridized carbons (Fsp3) is 0.586. The lowest BCUT2D eigenvalue weighted by Crippen LogP contribution is -2.55. The number of hydrogen-bond acceptors (Lipinski definition) is 6. The molecule has 1 saturated heterocycles. The normalized spacial score (nSPS) is 18.2. The van der Waals surface area contributed by atoms with Gasteiger partial charge < -0.3 is 9.47 Å². The molecule has 0 amide bonds. The van der Waals surface area contributed by atoms with E-state index in [2.05, 4.69) is 0 Å². The van der Waals surface area contributed by atoms with E-state index in [4.69, 9.17) is 9.47 Å². The van der Waals surface area contributed by atoms with Crippen LogP contribution < -0.4 is 9.47 Å². The minimum Gasteiger partial charge on any atom is -0.492 e. The minimum absolute atomic E-state index is 0.0236. The van der Waals surface area contributed by atoms with Crippen LogP contribution in [0.2, 0.25) is 0 Å². The molecule has 10 heteroatoms. The summed E-state index contributed by atoms with van der Waals surface area (Å²) in [7, 11) is -7.91. The largest absolute Gasteiger partial charge is 0.492 e. The molecule has 1 aliphatic rings. The lowest BCUT2D eigenvalue weighted by Gasteiger charge is -2.38. The lowest BCUT2D eigenvalue weighted by molar-refractivity contribution is 0.211. The molecule has 0 saturated carbocycles. The highest BCUT2D eigenvalue weighted by molar-refractivity contribution is 7.89. The van der Waals surface area contributed by atoms with Crippen LogP contribution in [0.5, 0.6) is 11.5 Å². The van der Waals surface area contributed by atoms with Gasteiger partial charge in [-0.2, -0.15) is 8.61 Å². The predicted octanol–water partition coefficient (Wildman–Crippen LogP) is 5.16.